The standard InChI is InChI=1S/C23H21N5O5/c1-22(2)16-6-7-23(22,3)20-19(16)25-18-10-13(4-5-17(18)26-20)24-21(29)12-8-14(27(30)31)11-15(9-12)28(32)33/h4-5,8-11,16H,6-7H2,1-3H3,(H,24,29). The van der Waals surface area contributed by atoms with Crippen LogP contribution in [0.4, 0.5) is 17.1 Å². The lowest BCUT2D eigenvalue weighted by Gasteiger charge is -2.34. The Hall–Kier alpha value is -3.95. The van der Waals surface area contributed by atoms with Gasteiger partial charge in [-0.3, -0.25) is 25.0 Å². The summed E-state index contributed by atoms with van der Waals surface area (Å²) in [6.45, 7) is 6.79. The molecule has 0 aliphatic heterocycles. The number of carbonyl (C=O) groups is 1. The molecule has 2 aromatic carbocycles. The van der Waals surface area contributed by atoms with E-state index in [4.69, 9.17) is 9.97 Å². The molecule has 3 aromatic rings. The van der Waals surface area contributed by atoms with Crippen molar-refractivity contribution in [3.63, 3.8) is 0 Å². The largest absolute Gasteiger partial charge is 0.322 e. The molecule has 0 radical (unpaired) electrons. The zero-order valence-electron chi connectivity index (χ0n) is 18.3. The lowest BCUT2D eigenvalue weighted by molar-refractivity contribution is -0.394. The van der Waals surface area contributed by atoms with Gasteiger partial charge < -0.3 is 5.32 Å². The van der Waals surface area contributed by atoms with E-state index in [1.807, 2.05) is 0 Å². The van der Waals surface area contributed by atoms with E-state index in [1.165, 1.54) is 0 Å². The summed E-state index contributed by atoms with van der Waals surface area (Å²) >= 11 is 0. The predicted octanol–water partition coefficient (Wildman–Crippen LogP) is 4.87. The SMILES string of the molecule is CC12CCC(c3nc4cc(NC(=O)c5cc([N+](=O)[O-])cc([N+](=O)[O-])c5)ccc4nc31)C2(C)C. The van der Waals surface area contributed by atoms with Gasteiger partial charge in [-0.15, -0.1) is 0 Å². The van der Waals surface area contributed by atoms with Crippen molar-refractivity contribution in [1.82, 2.24) is 9.97 Å². The van der Waals surface area contributed by atoms with Crippen molar-refractivity contribution in [2.24, 2.45) is 5.41 Å². The van der Waals surface area contributed by atoms with Gasteiger partial charge in [0.2, 0.25) is 0 Å². The molecule has 168 valence electrons. The van der Waals surface area contributed by atoms with E-state index in [2.05, 4.69) is 26.1 Å². The molecule has 1 N–H and O–H groups in total. The van der Waals surface area contributed by atoms with Crippen molar-refractivity contribution < 1.29 is 14.6 Å². The second kappa shape index (κ2) is 6.77. The van der Waals surface area contributed by atoms with Gasteiger partial charge in [0.1, 0.15) is 0 Å². The van der Waals surface area contributed by atoms with Gasteiger partial charge >= 0.3 is 0 Å². The van der Waals surface area contributed by atoms with Gasteiger partial charge in [-0.25, -0.2) is 9.97 Å². The molecular weight excluding hydrogens is 426 g/mol. The highest BCUT2D eigenvalue weighted by atomic mass is 16.6. The molecule has 10 heteroatoms. The number of carbonyl (C=O) groups excluding carboxylic acids is 1. The van der Waals surface area contributed by atoms with Crippen molar-refractivity contribution in [1.29, 1.82) is 0 Å². The van der Waals surface area contributed by atoms with E-state index in [-0.39, 0.29) is 16.4 Å². The lowest BCUT2D eigenvalue weighted by Crippen LogP contribution is -2.31. The van der Waals surface area contributed by atoms with E-state index in [0.29, 0.717) is 17.1 Å². The molecule has 1 saturated carbocycles. The van der Waals surface area contributed by atoms with Crippen molar-refractivity contribution in [3.05, 3.63) is 73.6 Å². The number of anilines is 1. The fourth-order valence-corrected chi connectivity index (χ4v) is 5.34. The van der Waals surface area contributed by atoms with Crippen LogP contribution in [-0.2, 0) is 5.41 Å². The third-order valence-electron chi connectivity index (χ3n) is 7.61. The number of nitro benzene ring substituents is 2. The molecule has 0 spiro atoms. The zero-order valence-corrected chi connectivity index (χ0v) is 18.3. The molecule has 1 amide bonds. The van der Waals surface area contributed by atoms with Crippen LogP contribution in [-0.4, -0.2) is 25.7 Å². The average molecular weight is 447 g/mol. The molecule has 2 aliphatic rings. The summed E-state index contributed by atoms with van der Waals surface area (Å²) in [5.74, 6) is -0.360. The number of nitrogens with zero attached hydrogens (tertiary/aromatic N) is 4. The second-order valence-corrected chi connectivity index (χ2v) is 9.51. The predicted molar refractivity (Wildman–Crippen MR) is 120 cm³/mol. The third-order valence-corrected chi connectivity index (χ3v) is 7.61. The van der Waals surface area contributed by atoms with Gasteiger partial charge in [-0.05, 0) is 36.5 Å². The van der Waals surface area contributed by atoms with Crippen LogP contribution in [0.3, 0.4) is 0 Å². The Morgan fingerprint density at radius 2 is 1.67 bits per heavy atom. The van der Waals surface area contributed by atoms with E-state index >= 15 is 0 Å². The number of non-ortho nitro benzene ring substituents is 2. The third kappa shape index (κ3) is 2.97. The average Bonchev–Trinajstić information content (AvgIpc) is 3.09. The summed E-state index contributed by atoms with van der Waals surface area (Å²) in [7, 11) is 0. The maximum absolute atomic E-state index is 12.7. The van der Waals surface area contributed by atoms with Crippen molar-refractivity contribution in [2.75, 3.05) is 5.32 Å². The van der Waals surface area contributed by atoms with Crippen LogP contribution >= 0.6 is 0 Å². The van der Waals surface area contributed by atoms with E-state index in [1.54, 1.807) is 18.2 Å². The molecule has 0 saturated heterocycles. The number of benzene rings is 2. The molecule has 1 heterocycles. The van der Waals surface area contributed by atoms with Crippen LogP contribution in [0, 0.1) is 25.6 Å². The Morgan fingerprint density at radius 1 is 1.00 bits per heavy atom. The highest BCUT2D eigenvalue weighted by molar-refractivity contribution is 6.05. The first kappa shape index (κ1) is 20.9. The minimum atomic E-state index is -0.772. The summed E-state index contributed by atoms with van der Waals surface area (Å²) in [4.78, 5) is 43.2. The first-order chi connectivity index (χ1) is 15.5. The van der Waals surface area contributed by atoms with Crippen molar-refractivity contribution >= 4 is 34.0 Å². The zero-order chi connectivity index (χ0) is 23.7. The molecule has 2 unspecified atom stereocenters. The normalized spacial score (nSPS) is 22.2. The summed E-state index contributed by atoms with van der Waals surface area (Å²) < 4.78 is 0. The summed E-state index contributed by atoms with van der Waals surface area (Å²) in [5, 5.41) is 24.9. The van der Waals surface area contributed by atoms with Crippen molar-refractivity contribution in [2.45, 2.75) is 44.9 Å². The molecule has 2 atom stereocenters. The Bertz CT molecular complexity index is 1350. The Labute approximate surface area is 188 Å². The van der Waals surface area contributed by atoms with E-state index in [9.17, 15) is 25.0 Å². The number of hydrogen-bond acceptors (Lipinski definition) is 7. The van der Waals surface area contributed by atoms with Gasteiger partial charge in [0, 0.05) is 29.2 Å². The van der Waals surface area contributed by atoms with Crippen LogP contribution in [0.15, 0.2) is 36.4 Å². The van der Waals surface area contributed by atoms with Crippen LogP contribution in [0.5, 0.6) is 0 Å². The van der Waals surface area contributed by atoms with Gasteiger partial charge in [0.25, 0.3) is 17.3 Å². The molecule has 10 nitrogen and oxygen atoms in total. The monoisotopic (exact) mass is 447 g/mol. The number of amides is 1. The van der Waals surface area contributed by atoms with Gasteiger partial charge in [-0.1, -0.05) is 20.8 Å². The second-order valence-electron chi connectivity index (χ2n) is 9.51. The van der Waals surface area contributed by atoms with E-state index < -0.39 is 27.1 Å². The van der Waals surface area contributed by atoms with Crippen LogP contribution in [0.2, 0.25) is 0 Å². The number of aromatic nitrogens is 2. The van der Waals surface area contributed by atoms with Crippen molar-refractivity contribution in [3.8, 4) is 0 Å². The fourth-order valence-electron chi connectivity index (χ4n) is 5.34. The first-order valence-electron chi connectivity index (χ1n) is 10.6. The summed E-state index contributed by atoms with van der Waals surface area (Å²) in [5.41, 5.74) is 2.67. The fraction of sp³-hybridized carbons (Fsp3) is 0.348. The molecule has 2 aliphatic carbocycles. The molecular formula is C23H21N5O5. The Balaban J connectivity index is 1.49. The first-order valence-corrected chi connectivity index (χ1v) is 10.6. The quantitative estimate of drug-likeness (QED) is 0.444. The lowest BCUT2D eigenvalue weighted by atomic mass is 9.70. The minimum absolute atomic E-state index is 0.0161. The van der Waals surface area contributed by atoms with Crippen LogP contribution < -0.4 is 5.32 Å². The van der Waals surface area contributed by atoms with Gasteiger partial charge in [0.15, 0.2) is 0 Å². The van der Waals surface area contributed by atoms with Crippen LogP contribution in [0.25, 0.3) is 11.0 Å². The van der Waals surface area contributed by atoms with E-state index in [0.717, 1.165) is 47.9 Å². The molecule has 5 rings (SSSR count). The van der Waals surface area contributed by atoms with Gasteiger partial charge in [0.05, 0.1) is 43.9 Å². The minimum Gasteiger partial charge on any atom is -0.322 e. The maximum Gasteiger partial charge on any atom is 0.277 e. The summed E-state index contributed by atoms with van der Waals surface area (Å²) in [6.07, 6.45) is 2.15. The molecule has 1 fully saturated rings. The molecule has 2 bridgehead atoms. The van der Waals surface area contributed by atoms with Crippen LogP contribution in [0.1, 0.15) is 61.3 Å². The summed E-state index contributed by atoms with van der Waals surface area (Å²) in [6, 6.07) is 7.99. The Kier molecular flexibility index (Phi) is 4.29. The highest BCUT2D eigenvalue weighted by Crippen LogP contribution is 2.66. The molecule has 33 heavy (non-hydrogen) atoms. The number of hydrogen-bond donors (Lipinski definition) is 1. The maximum atomic E-state index is 12.7. The topological polar surface area (TPSA) is 141 Å². The number of nitrogens with one attached hydrogen (secondary N) is 1. The smallest absolute Gasteiger partial charge is 0.277 e. The number of nitro groups is 2. The molecule has 1 aromatic heterocycles. The number of fused-ring (bicyclic) bond motifs is 6. The number of rotatable bonds is 4. The highest BCUT2D eigenvalue weighted by Gasteiger charge is 2.61. The van der Waals surface area contributed by atoms with Gasteiger partial charge in [-0.2, -0.15) is 0 Å². The Morgan fingerprint density at radius 3 is 2.30 bits per heavy atom.